The topological polar surface area (TPSA) is 78.9 Å². The molecule has 0 aliphatic rings. The third-order valence-corrected chi connectivity index (χ3v) is 11.0. The minimum absolute atomic E-state index is 0.0996. The lowest BCUT2D eigenvalue weighted by Crippen LogP contribution is -2.30. The maximum atomic E-state index is 12.8. The van der Waals surface area contributed by atoms with Crippen molar-refractivity contribution in [1.29, 1.82) is 0 Å². The van der Waals surface area contributed by atoms with Crippen LogP contribution in [0.15, 0.2) is 97.2 Å². The first kappa shape index (κ1) is 60.3. The molecule has 0 amide bonds. The van der Waals surface area contributed by atoms with Gasteiger partial charge < -0.3 is 14.2 Å². The van der Waals surface area contributed by atoms with Crippen molar-refractivity contribution in [2.24, 2.45) is 0 Å². The van der Waals surface area contributed by atoms with E-state index in [-0.39, 0.29) is 31.1 Å². The number of carbonyl (C=O) groups excluding carboxylic acids is 3. The third kappa shape index (κ3) is 49.3. The summed E-state index contributed by atoms with van der Waals surface area (Å²) in [6.07, 6.45) is 68.1. The van der Waals surface area contributed by atoms with Crippen LogP contribution in [0.1, 0.15) is 233 Å². The Kier molecular flexibility index (Phi) is 49.0. The van der Waals surface area contributed by atoms with Gasteiger partial charge in [-0.05, 0) is 64.2 Å². The summed E-state index contributed by atoms with van der Waals surface area (Å²) in [6, 6.07) is 0. The molecule has 0 aliphatic heterocycles. The predicted molar refractivity (Wildman–Crippen MR) is 274 cm³/mol. The molecule has 1 atom stereocenters. The highest BCUT2D eigenvalue weighted by atomic mass is 16.6. The van der Waals surface area contributed by atoms with Crippen molar-refractivity contribution in [1.82, 2.24) is 0 Å². The number of carbonyl (C=O) groups is 3. The van der Waals surface area contributed by atoms with Crippen molar-refractivity contribution >= 4 is 17.9 Å². The van der Waals surface area contributed by atoms with Gasteiger partial charge in [0.2, 0.25) is 0 Å². The molecule has 0 saturated heterocycles. The molecule has 1 unspecified atom stereocenters. The van der Waals surface area contributed by atoms with Crippen LogP contribution in [0.4, 0.5) is 0 Å². The van der Waals surface area contributed by atoms with E-state index >= 15 is 0 Å². The second-order valence-electron chi connectivity index (χ2n) is 17.2. The molecule has 0 radical (unpaired) electrons. The fourth-order valence-corrected chi connectivity index (χ4v) is 7.07. The summed E-state index contributed by atoms with van der Waals surface area (Å²) in [5.41, 5.74) is 0. The van der Waals surface area contributed by atoms with Gasteiger partial charge in [0, 0.05) is 19.3 Å². The molecule has 6 heteroatoms. The molecule has 0 aliphatic carbocycles. The van der Waals surface area contributed by atoms with E-state index in [2.05, 4.69) is 45.1 Å². The minimum atomic E-state index is -0.801. The van der Waals surface area contributed by atoms with Crippen molar-refractivity contribution < 1.29 is 28.6 Å². The summed E-state index contributed by atoms with van der Waals surface area (Å²) in [5, 5.41) is 0. The maximum Gasteiger partial charge on any atom is 0.306 e. The smallest absolute Gasteiger partial charge is 0.306 e. The number of hydrogen-bond acceptors (Lipinski definition) is 6. The monoisotopic (exact) mass is 889 g/mol. The number of unbranched alkanes of at least 4 members (excludes halogenated alkanes) is 25. The first-order valence-corrected chi connectivity index (χ1v) is 26.3. The maximum absolute atomic E-state index is 12.8. The van der Waals surface area contributed by atoms with Crippen molar-refractivity contribution in [2.45, 2.75) is 239 Å². The molecular weight excluding hydrogens is 793 g/mol. The van der Waals surface area contributed by atoms with Gasteiger partial charge in [-0.25, -0.2) is 0 Å². The number of rotatable bonds is 46. The van der Waals surface area contributed by atoms with Gasteiger partial charge in [0.05, 0.1) is 0 Å². The zero-order chi connectivity index (χ0) is 46.5. The van der Waals surface area contributed by atoms with Crippen molar-refractivity contribution in [3.63, 3.8) is 0 Å². The number of ether oxygens (including phenoxy) is 3. The lowest BCUT2D eigenvalue weighted by Gasteiger charge is -2.18. The first-order valence-electron chi connectivity index (χ1n) is 26.3. The SMILES string of the molecule is CC\C=C/C=C\C=C/C=C\C=C\C=C/C=C\CCCCCC(=O)OCC(COC(=O)CCCCC/C=C\CCCCCCCC)OC(=O)CCCCCCCCCCCCCCCC. The average molecular weight is 889 g/mol. The summed E-state index contributed by atoms with van der Waals surface area (Å²) < 4.78 is 16.8. The van der Waals surface area contributed by atoms with Crippen molar-refractivity contribution in [3.05, 3.63) is 97.2 Å². The summed E-state index contributed by atoms with van der Waals surface area (Å²) in [6.45, 7) is 6.43. The van der Waals surface area contributed by atoms with Gasteiger partial charge in [-0.15, -0.1) is 0 Å². The van der Waals surface area contributed by atoms with E-state index in [1.807, 2.05) is 72.9 Å². The quantitative estimate of drug-likeness (QED) is 0.0199. The van der Waals surface area contributed by atoms with Gasteiger partial charge in [0.1, 0.15) is 13.2 Å². The normalized spacial score (nSPS) is 12.9. The van der Waals surface area contributed by atoms with Crippen LogP contribution < -0.4 is 0 Å². The highest BCUT2D eigenvalue weighted by Crippen LogP contribution is 2.15. The molecule has 0 rings (SSSR count). The van der Waals surface area contributed by atoms with E-state index < -0.39 is 6.10 Å². The van der Waals surface area contributed by atoms with Crippen LogP contribution in [-0.4, -0.2) is 37.2 Å². The Morgan fingerprint density at radius 2 is 0.625 bits per heavy atom. The van der Waals surface area contributed by atoms with E-state index in [1.165, 1.54) is 109 Å². The lowest BCUT2D eigenvalue weighted by atomic mass is 10.0. The molecule has 364 valence electrons. The summed E-state index contributed by atoms with van der Waals surface area (Å²) >= 11 is 0. The standard InChI is InChI=1S/C58H96O6/c1-4-7-10-13-16-19-22-25-27-28-29-30-31-34-36-39-42-45-48-51-57(60)63-54-55(53-62-56(59)50-47-44-41-38-35-32-24-21-18-15-12-9-6-3)64-58(61)52-49-46-43-40-37-33-26-23-20-17-14-11-8-5-2/h7,10,13,16,19,22,25,27-32,34-36,55H,4-6,8-9,11-12,14-15,17-18,20-21,23-24,26,33,37-54H2,1-3H3/b10-7-,16-13-,22-19-,27-25-,29-28+,31-30-,35-32-,36-34-. The Balaban J connectivity index is 4.50. The van der Waals surface area contributed by atoms with Crippen molar-refractivity contribution in [2.75, 3.05) is 13.2 Å². The Hall–Kier alpha value is -3.67. The molecular formula is C58H96O6. The Morgan fingerprint density at radius 3 is 1.02 bits per heavy atom. The molecule has 0 spiro atoms. The van der Waals surface area contributed by atoms with Gasteiger partial charge in [-0.1, -0.05) is 246 Å². The van der Waals surface area contributed by atoms with Crippen molar-refractivity contribution in [3.8, 4) is 0 Å². The molecule has 0 aromatic heterocycles. The zero-order valence-corrected chi connectivity index (χ0v) is 41.5. The molecule has 0 saturated carbocycles. The highest BCUT2D eigenvalue weighted by Gasteiger charge is 2.19. The second kappa shape index (κ2) is 52.0. The van der Waals surface area contributed by atoms with E-state index in [0.717, 1.165) is 83.5 Å². The van der Waals surface area contributed by atoms with Crippen LogP contribution in [0.3, 0.4) is 0 Å². The Bertz CT molecular complexity index is 1300. The number of allylic oxidation sites excluding steroid dienone is 16. The molecule has 0 heterocycles. The van der Waals surface area contributed by atoms with E-state index in [4.69, 9.17) is 14.2 Å². The summed E-state index contributed by atoms with van der Waals surface area (Å²) in [4.78, 5) is 38.0. The van der Waals surface area contributed by atoms with Gasteiger partial charge >= 0.3 is 17.9 Å². The van der Waals surface area contributed by atoms with Crippen LogP contribution in [-0.2, 0) is 28.6 Å². The largest absolute Gasteiger partial charge is 0.462 e. The second-order valence-corrected chi connectivity index (χ2v) is 17.2. The summed E-state index contributed by atoms with van der Waals surface area (Å²) in [5.74, 6) is -0.960. The molecule has 0 aromatic rings. The number of esters is 3. The third-order valence-electron chi connectivity index (χ3n) is 11.0. The Morgan fingerprint density at radius 1 is 0.328 bits per heavy atom. The fourth-order valence-electron chi connectivity index (χ4n) is 7.07. The van der Waals surface area contributed by atoms with Crippen LogP contribution in [0.25, 0.3) is 0 Å². The highest BCUT2D eigenvalue weighted by molar-refractivity contribution is 5.71. The van der Waals surface area contributed by atoms with Crippen LogP contribution >= 0.6 is 0 Å². The molecule has 64 heavy (non-hydrogen) atoms. The Labute approximate surface area is 394 Å². The van der Waals surface area contributed by atoms with Crippen LogP contribution in [0, 0.1) is 0 Å². The first-order chi connectivity index (χ1) is 31.5. The van der Waals surface area contributed by atoms with Gasteiger partial charge in [-0.3, -0.25) is 14.4 Å². The van der Waals surface area contributed by atoms with Gasteiger partial charge in [-0.2, -0.15) is 0 Å². The zero-order valence-electron chi connectivity index (χ0n) is 41.5. The van der Waals surface area contributed by atoms with E-state index in [9.17, 15) is 14.4 Å². The van der Waals surface area contributed by atoms with E-state index in [0.29, 0.717) is 19.3 Å². The fraction of sp³-hybridized carbons (Fsp3) is 0.672. The minimum Gasteiger partial charge on any atom is -0.462 e. The molecule has 0 bridgehead atoms. The predicted octanol–water partition coefficient (Wildman–Crippen LogP) is 17.4. The molecule has 6 nitrogen and oxygen atoms in total. The van der Waals surface area contributed by atoms with E-state index in [1.54, 1.807) is 0 Å². The number of hydrogen-bond donors (Lipinski definition) is 0. The van der Waals surface area contributed by atoms with Gasteiger partial charge in [0.15, 0.2) is 6.10 Å². The molecule has 0 N–H and O–H groups in total. The molecule has 0 fully saturated rings. The lowest BCUT2D eigenvalue weighted by molar-refractivity contribution is -0.167. The molecule has 0 aromatic carbocycles. The van der Waals surface area contributed by atoms with Crippen LogP contribution in [0.2, 0.25) is 0 Å². The summed E-state index contributed by atoms with van der Waals surface area (Å²) in [7, 11) is 0. The van der Waals surface area contributed by atoms with Gasteiger partial charge in [0.25, 0.3) is 0 Å². The average Bonchev–Trinajstić information content (AvgIpc) is 3.29. The van der Waals surface area contributed by atoms with Crippen LogP contribution in [0.5, 0.6) is 0 Å².